The first kappa shape index (κ1) is 13.1. The van der Waals surface area contributed by atoms with E-state index in [0.717, 1.165) is 28.2 Å². The standard InChI is InChI=1S/C17H17ClN2/c1-11-5-12(2)7-13(6-11)9-20-10-14-8-15(18)3-4-16(14)17(20)19/h3-8,10H,9,19H2,1-2H3. The molecule has 1 aromatic heterocycles. The molecule has 0 radical (unpaired) electrons. The summed E-state index contributed by atoms with van der Waals surface area (Å²) in [7, 11) is 0. The number of aromatic nitrogens is 1. The zero-order valence-corrected chi connectivity index (χ0v) is 12.4. The number of nitrogens with two attached hydrogens (primary N) is 1. The average molecular weight is 285 g/mol. The quantitative estimate of drug-likeness (QED) is 0.736. The third-order valence-corrected chi connectivity index (χ3v) is 3.76. The zero-order valence-electron chi connectivity index (χ0n) is 11.7. The summed E-state index contributed by atoms with van der Waals surface area (Å²) in [5.41, 5.74) is 10.0. The van der Waals surface area contributed by atoms with Crippen LogP contribution in [0.15, 0.2) is 42.6 Å². The van der Waals surface area contributed by atoms with E-state index in [1.807, 2.05) is 18.2 Å². The Labute approximate surface area is 123 Å². The first-order valence-corrected chi connectivity index (χ1v) is 7.02. The van der Waals surface area contributed by atoms with Gasteiger partial charge < -0.3 is 10.3 Å². The molecule has 0 aliphatic rings. The van der Waals surface area contributed by atoms with Gasteiger partial charge in [-0.3, -0.25) is 0 Å². The molecule has 0 fully saturated rings. The van der Waals surface area contributed by atoms with Crippen molar-refractivity contribution in [3.63, 3.8) is 0 Å². The number of benzene rings is 2. The lowest BCUT2D eigenvalue weighted by atomic mass is 10.1. The first-order valence-electron chi connectivity index (χ1n) is 6.64. The number of halogens is 1. The normalized spacial score (nSPS) is 11.2. The van der Waals surface area contributed by atoms with Gasteiger partial charge >= 0.3 is 0 Å². The van der Waals surface area contributed by atoms with Crippen molar-refractivity contribution in [1.82, 2.24) is 4.57 Å². The SMILES string of the molecule is Cc1cc(C)cc(Cn2cc3cc(Cl)ccc3c2N)c1. The molecule has 2 N–H and O–H groups in total. The molecule has 0 aliphatic carbocycles. The third kappa shape index (κ3) is 2.39. The number of nitrogen functional groups attached to an aromatic ring is 1. The lowest BCUT2D eigenvalue weighted by Gasteiger charge is -2.08. The van der Waals surface area contributed by atoms with Gasteiger partial charge in [-0.1, -0.05) is 40.9 Å². The van der Waals surface area contributed by atoms with Crippen molar-refractivity contribution in [2.75, 3.05) is 5.73 Å². The number of anilines is 1. The van der Waals surface area contributed by atoms with Gasteiger partial charge in [0.15, 0.2) is 0 Å². The van der Waals surface area contributed by atoms with Gasteiger partial charge in [-0.2, -0.15) is 0 Å². The van der Waals surface area contributed by atoms with Crippen LogP contribution in [0.5, 0.6) is 0 Å². The van der Waals surface area contributed by atoms with E-state index in [-0.39, 0.29) is 0 Å². The minimum Gasteiger partial charge on any atom is -0.385 e. The van der Waals surface area contributed by atoms with Gasteiger partial charge in [-0.05, 0) is 37.6 Å². The molecule has 0 amide bonds. The Kier molecular flexibility index (Phi) is 3.19. The molecule has 2 nitrogen and oxygen atoms in total. The molecule has 0 spiro atoms. The van der Waals surface area contributed by atoms with Gasteiger partial charge in [0.05, 0.1) is 0 Å². The lowest BCUT2D eigenvalue weighted by molar-refractivity contribution is 0.819. The molecule has 0 saturated heterocycles. The van der Waals surface area contributed by atoms with E-state index in [2.05, 4.69) is 42.8 Å². The van der Waals surface area contributed by atoms with Crippen molar-refractivity contribution >= 4 is 28.2 Å². The molecule has 20 heavy (non-hydrogen) atoms. The van der Waals surface area contributed by atoms with E-state index in [4.69, 9.17) is 17.3 Å². The predicted octanol–water partition coefficient (Wildman–Crippen LogP) is 4.54. The van der Waals surface area contributed by atoms with Crippen LogP contribution in [0, 0.1) is 13.8 Å². The minimum atomic E-state index is 0.737. The van der Waals surface area contributed by atoms with Crippen LogP contribution in [0.1, 0.15) is 16.7 Å². The highest BCUT2D eigenvalue weighted by molar-refractivity contribution is 6.31. The van der Waals surface area contributed by atoms with Crippen LogP contribution in [0.4, 0.5) is 5.82 Å². The van der Waals surface area contributed by atoms with Crippen LogP contribution in [-0.4, -0.2) is 4.57 Å². The van der Waals surface area contributed by atoms with E-state index in [9.17, 15) is 0 Å². The maximum atomic E-state index is 6.23. The van der Waals surface area contributed by atoms with E-state index in [1.54, 1.807) is 0 Å². The minimum absolute atomic E-state index is 0.737. The number of hydrogen-bond donors (Lipinski definition) is 1. The first-order chi connectivity index (χ1) is 9.52. The fraction of sp³-hybridized carbons (Fsp3) is 0.176. The smallest absolute Gasteiger partial charge is 0.111 e. The fourth-order valence-electron chi connectivity index (χ4n) is 2.75. The molecule has 1 heterocycles. The van der Waals surface area contributed by atoms with Gasteiger partial charge in [0, 0.05) is 28.5 Å². The monoisotopic (exact) mass is 284 g/mol. The summed E-state index contributed by atoms with van der Waals surface area (Å²) in [6.07, 6.45) is 2.06. The van der Waals surface area contributed by atoms with Crippen LogP contribution >= 0.6 is 11.6 Å². The Morgan fingerprint density at radius 1 is 1.05 bits per heavy atom. The van der Waals surface area contributed by atoms with Gasteiger partial charge in [0.25, 0.3) is 0 Å². The van der Waals surface area contributed by atoms with Crippen LogP contribution in [-0.2, 0) is 6.54 Å². The maximum Gasteiger partial charge on any atom is 0.111 e. The Hall–Kier alpha value is -1.93. The molecular formula is C17H17ClN2. The summed E-state index contributed by atoms with van der Waals surface area (Å²) in [5.74, 6) is 0.788. The predicted molar refractivity (Wildman–Crippen MR) is 86.4 cm³/mol. The van der Waals surface area contributed by atoms with Crippen molar-refractivity contribution in [2.45, 2.75) is 20.4 Å². The van der Waals surface area contributed by atoms with Crippen LogP contribution in [0.3, 0.4) is 0 Å². The number of fused-ring (bicyclic) bond motifs is 1. The Bertz CT molecular complexity index is 767. The van der Waals surface area contributed by atoms with Gasteiger partial charge in [0.2, 0.25) is 0 Å². The second-order valence-electron chi connectivity index (χ2n) is 5.37. The van der Waals surface area contributed by atoms with Gasteiger partial charge in [-0.25, -0.2) is 0 Å². The van der Waals surface area contributed by atoms with Crippen molar-refractivity contribution in [2.24, 2.45) is 0 Å². The highest BCUT2D eigenvalue weighted by atomic mass is 35.5. The van der Waals surface area contributed by atoms with Crippen molar-refractivity contribution in [3.8, 4) is 0 Å². The van der Waals surface area contributed by atoms with Crippen LogP contribution in [0.2, 0.25) is 5.02 Å². The summed E-state index contributed by atoms with van der Waals surface area (Å²) in [6, 6.07) is 12.4. The molecule has 0 unspecified atom stereocenters. The van der Waals surface area contributed by atoms with Crippen LogP contribution < -0.4 is 5.73 Å². The molecule has 0 aliphatic heterocycles. The number of hydrogen-bond acceptors (Lipinski definition) is 1. The lowest BCUT2D eigenvalue weighted by Crippen LogP contribution is -2.03. The van der Waals surface area contributed by atoms with Gasteiger partial charge in [-0.15, -0.1) is 0 Å². The average Bonchev–Trinajstić information content (AvgIpc) is 2.64. The summed E-state index contributed by atoms with van der Waals surface area (Å²) >= 11 is 6.03. The highest BCUT2D eigenvalue weighted by Gasteiger charge is 2.07. The van der Waals surface area contributed by atoms with Gasteiger partial charge in [0.1, 0.15) is 5.82 Å². The Morgan fingerprint density at radius 2 is 1.75 bits per heavy atom. The number of aryl methyl sites for hydroxylation is 2. The van der Waals surface area contributed by atoms with Crippen LogP contribution in [0.25, 0.3) is 10.8 Å². The largest absolute Gasteiger partial charge is 0.385 e. The van der Waals surface area contributed by atoms with E-state index in [0.29, 0.717) is 0 Å². The molecule has 3 rings (SSSR count). The fourth-order valence-corrected chi connectivity index (χ4v) is 2.93. The van der Waals surface area contributed by atoms with E-state index < -0.39 is 0 Å². The Balaban J connectivity index is 2.04. The molecule has 102 valence electrons. The van der Waals surface area contributed by atoms with Crippen molar-refractivity contribution < 1.29 is 0 Å². The van der Waals surface area contributed by atoms with E-state index >= 15 is 0 Å². The molecule has 3 heteroatoms. The zero-order chi connectivity index (χ0) is 14.3. The highest BCUT2D eigenvalue weighted by Crippen LogP contribution is 2.27. The molecule has 0 bridgehead atoms. The molecule has 0 atom stereocenters. The topological polar surface area (TPSA) is 30.9 Å². The third-order valence-electron chi connectivity index (χ3n) is 3.53. The molecule has 2 aromatic carbocycles. The summed E-state index contributed by atoms with van der Waals surface area (Å²) in [5, 5.41) is 2.87. The van der Waals surface area contributed by atoms with Crippen molar-refractivity contribution in [1.29, 1.82) is 0 Å². The number of rotatable bonds is 2. The molecule has 3 aromatic rings. The number of nitrogens with zero attached hydrogens (tertiary/aromatic N) is 1. The van der Waals surface area contributed by atoms with E-state index in [1.165, 1.54) is 16.7 Å². The summed E-state index contributed by atoms with van der Waals surface area (Å²) in [4.78, 5) is 0. The second-order valence-corrected chi connectivity index (χ2v) is 5.81. The summed E-state index contributed by atoms with van der Waals surface area (Å²) < 4.78 is 2.08. The molecule has 0 saturated carbocycles. The summed E-state index contributed by atoms with van der Waals surface area (Å²) in [6.45, 7) is 5.01. The maximum absolute atomic E-state index is 6.23. The molecular weight excluding hydrogens is 268 g/mol. The van der Waals surface area contributed by atoms with Crippen molar-refractivity contribution in [3.05, 3.63) is 64.3 Å². The Morgan fingerprint density at radius 3 is 2.45 bits per heavy atom. The second kappa shape index (κ2) is 4.88.